The molecular weight excluding hydrogens is 286 g/mol. The molecule has 0 saturated carbocycles. The maximum absolute atomic E-state index is 6.20. The molecule has 3 aromatic rings. The highest BCUT2D eigenvalue weighted by Gasteiger charge is 2.17. The Bertz CT molecular complexity index is 768. The lowest BCUT2D eigenvalue weighted by atomic mass is 10.1. The maximum atomic E-state index is 6.20. The highest BCUT2D eigenvalue weighted by molar-refractivity contribution is 6.31. The number of para-hydroxylation sites is 2. The number of hydrogen-bond donors (Lipinski definition) is 2. The molecule has 1 atom stereocenters. The molecule has 6 heteroatoms. The summed E-state index contributed by atoms with van der Waals surface area (Å²) in [4.78, 5) is 8.66. The first-order valence-corrected chi connectivity index (χ1v) is 7.04. The molecule has 1 aromatic carbocycles. The number of nitrogens with zero attached hydrogens (tertiary/aromatic N) is 3. The summed E-state index contributed by atoms with van der Waals surface area (Å²) in [5.74, 6) is 6.65. The summed E-state index contributed by atoms with van der Waals surface area (Å²) in [6, 6.07) is 9.80. The molecule has 0 amide bonds. The molecule has 108 valence electrons. The molecule has 0 aliphatic heterocycles. The van der Waals surface area contributed by atoms with Crippen LogP contribution in [-0.4, -0.2) is 14.5 Å². The lowest BCUT2D eigenvalue weighted by molar-refractivity contribution is 0.531. The van der Waals surface area contributed by atoms with Crippen molar-refractivity contribution >= 4 is 22.6 Å². The number of rotatable bonds is 4. The van der Waals surface area contributed by atoms with Gasteiger partial charge in [-0.2, -0.15) is 0 Å². The molecule has 3 N–H and O–H groups in total. The van der Waals surface area contributed by atoms with Crippen LogP contribution in [0.15, 0.2) is 42.7 Å². The third-order valence-corrected chi connectivity index (χ3v) is 3.96. The standard InChI is InChI=1S/C15H16ClN5/c1-21-14-5-3-2-4-12(14)19-15(21)8-13(20-17)10-6-7-18-9-11(10)16/h2-7,9,13,20H,8,17H2,1H3. The summed E-state index contributed by atoms with van der Waals surface area (Å²) >= 11 is 6.20. The van der Waals surface area contributed by atoms with Crippen LogP contribution in [0, 0.1) is 0 Å². The molecule has 0 radical (unpaired) electrons. The normalized spacial score (nSPS) is 12.7. The monoisotopic (exact) mass is 301 g/mol. The van der Waals surface area contributed by atoms with Gasteiger partial charge in [0.2, 0.25) is 0 Å². The lowest BCUT2D eigenvalue weighted by Gasteiger charge is -2.17. The van der Waals surface area contributed by atoms with E-state index >= 15 is 0 Å². The fourth-order valence-electron chi connectivity index (χ4n) is 2.49. The number of hydrazine groups is 1. The Kier molecular flexibility index (Phi) is 3.88. The molecule has 0 fully saturated rings. The Morgan fingerprint density at radius 1 is 1.33 bits per heavy atom. The number of imidazole rings is 1. The van der Waals surface area contributed by atoms with E-state index < -0.39 is 0 Å². The van der Waals surface area contributed by atoms with Crippen LogP contribution in [0.2, 0.25) is 5.02 Å². The van der Waals surface area contributed by atoms with Crippen molar-refractivity contribution in [3.63, 3.8) is 0 Å². The van der Waals surface area contributed by atoms with Gasteiger partial charge in [0.15, 0.2) is 0 Å². The minimum atomic E-state index is -0.115. The van der Waals surface area contributed by atoms with Crippen LogP contribution >= 0.6 is 11.6 Å². The molecule has 0 aliphatic rings. The van der Waals surface area contributed by atoms with Crippen molar-refractivity contribution in [1.29, 1.82) is 0 Å². The fraction of sp³-hybridized carbons (Fsp3) is 0.200. The fourth-order valence-corrected chi connectivity index (χ4v) is 2.74. The number of aromatic nitrogens is 3. The smallest absolute Gasteiger partial charge is 0.111 e. The predicted molar refractivity (Wildman–Crippen MR) is 83.7 cm³/mol. The Hall–Kier alpha value is -1.95. The van der Waals surface area contributed by atoms with Gasteiger partial charge in [-0.05, 0) is 23.8 Å². The highest BCUT2D eigenvalue weighted by atomic mass is 35.5. The number of halogens is 1. The molecular formula is C15H16ClN5. The number of nitrogens with one attached hydrogen (secondary N) is 1. The second-order valence-electron chi connectivity index (χ2n) is 4.90. The van der Waals surface area contributed by atoms with Crippen LogP contribution in [0.5, 0.6) is 0 Å². The summed E-state index contributed by atoms with van der Waals surface area (Å²) in [6.45, 7) is 0. The molecule has 0 bridgehead atoms. The third-order valence-electron chi connectivity index (χ3n) is 3.65. The molecule has 3 rings (SSSR count). The van der Waals surface area contributed by atoms with E-state index in [0.717, 1.165) is 22.4 Å². The Labute approximate surface area is 127 Å². The van der Waals surface area contributed by atoms with Crippen LogP contribution in [0.25, 0.3) is 11.0 Å². The summed E-state index contributed by atoms with van der Waals surface area (Å²) in [6.07, 6.45) is 3.97. The predicted octanol–water partition coefficient (Wildman–Crippen LogP) is 2.37. The minimum Gasteiger partial charge on any atom is -0.331 e. The van der Waals surface area contributed by atoms with Gasteiger partial charge in [0.05, 0.1) is 22.1 Å². The SMILES string of the molecule is Cn1c(CC(NN)c2ccncc2Cl)nc2ccccc21. The topological polar surface area (TPSA) is 68.8 Å². The largest absolute Gasteiger partial charge is 0.331 e. The lowest BCUT2D eigenvalue weighted by Crippen LogP contribution is -2.30. The van der Waals surface area contributed by atoms with Crippen LogP contribution < -0.4 is 11.3 Å². The molecule has 21 heavy (non-hydrogen) atoms. The summed E-state index contributed by atoms with van der Waals surface area (Å²) in [5.41, 5.74) is 5.81. The second-order valence-corrected chi connectivity index (χ2v) is 5.30. The molecule has 2 heterocycles. The minimum absolute atomic E-state index is 0.115. The number of benzene rings is 1. The van der Waals surface area contributed by atoms with Gasteiger partial charge >= 0.3 is 0 Å². The van der Waals surface area contributed by atoms with Crippen LogP contribution in [-0.2, 0) is 13.5 Å². The van der Waals surface area contributed by atoms with Gasteiger partial charge < -0.3 is 4.57 Å². The van der Waals surface area contributed by atoms with E-state index in [1.54, 1.807) is 12.4 Å². The molecule has 2 aromatic heterocycles. The van der Waals surface area contributed by atoms with E-state index in [1.807, 2.05) is 31.3 Å². The quantitative estimate of drug-likeness (QED) is 0.573. The van der Waals surface area contributed by atoms with Crippen molar-refractivity contribution in [2.75, 3.05) is 0 Å². The number of hydrogen-bond acceptors (Lipinski definition) is 4. The first kappa shape index (κ1) is 14.0. The van der Waals surface area contributed by atoms with Crippen molar-refractivity contribution in [2.45, 2.75) is 12.5 Å². The van der Waals surface area contributed by atoms with Gasteiger partial charge in [0.1, 0.15) is 5.82 Å². The summed E-state index contributed by atoms with van der Waals surface area (Å²) in [5, 5.41) is 0.596. The van der Waals surface area contributed by atoms with Gasteiger partial charge in [-0.25, -0.2) is 4.98 Å². The average molecular weight is 302 g/mol. The second kappa shape index (κ2) is 5.81. The molecule has 5 nitrogen and oxygen atoms in total. The molecule has 0 aliphatic carbocycles. The van der Waals surface area contributed by atoms with Gasteiger partial charge in [-0.3, -0.25) is 16.3 Å². The Morgan fingerprint density at radius 3 is 2.86 bits per heavy atom. The number of aryl methyl sites for hydroxylation is 1. The van der Waals surface area contributed by atoms with E-state index in [1.165, 1.54) is 0 Å². The van der Waals surface area contributed by atoms with Crippen LogP contribution in [0.4, 0.5) is 0 Å². The van der Waals surface area contributed by atoms with Crippen LogP contribution in [0.3, 0.4) is 0 Å². The van der Waals surface area contributed by atoms with Crippen molar-refractivity contribution in [1.82, 2.24) is 20.0 Å². The first-order valence-electron chi connectivity index (χ1n) is 6.66. The Morgan fingerprint density at radius 2 is 2.14 bits per heavy atom. The summed E-state index contributed by atoms with van der Waals surface area (Å²) in [7, 11) is 2.01. The Balaban J connectivity index is 1.96. The van der Waals surface area contributed by atoms with Gasteiger partial charge in [0.25, 0.3) is 0 Å². The van der Waals surface area contributed by atoms with E-state index in [2.05, 4.69) is 26.0 Å². The third kappa shape index (κ3) is 2.63. The van der Waals surface area contributed by atoms with Gasteiger partial charge in [0, 0.05) is 25.9 Å². The van der Waals surface area contributed by atoms with E-state index in [9.17, 15) is 0 Å². The first-order chi connectivity index (χ1) is 10.2. The van der Waals surface area contributed by atoms with E-state index in [0.29, 0.717) is 11.4 Å². The average Bonchev–Trinajstić information content (AvgIpc) is 2.82. The van der Waals surface area contributed by atoms with Gasteiger partial charge in [-0.15, -0.1) is 0 Å². The zero-order chi connectivity index (χ0) is 14.8. The van der Waals surface area contributed by atoms with Crippen molar-refractivity contribution in [2.24, 2.45) is 12.9 Å². The summed E-state index contributed by atoms with van der Waals surface area (Å²) < 4.78 is 2.08. The number of fused-ring (bicyclic) bond motifs is 1. The van der Waals surface area contributed by atoms with Gasteiger partial charge in [-0.1, -0.05) is 23.7 Å². The highest BCUT2D eigenvalue weighted by Crippen LogP contribution is 2.25. The maximum Gasteiger partial charge on any atom is 0.111 e. The van der Waals surface area contributed by atoms with Crippen molar-refractivity contribution in [3.05, 3.63) is 59.1 Å². The van der Waals surface area contributed by atoms with E-state index in [-0.39, 0.29) is 6.04 Å². The molecule has 0 saturated heterocycles. The van der Waals surface area contributed by atoms with Crippen LogP contribution in [0.1, 0.15) is 17.4 Å². The molecule has 1 unspecified atom stereocenters. The number of nitrogens with two attached hydrogens (primary N) is 1. The van der Waals surface area contributed by atoms with Crippen molar-refractivity contribution in [3.8, 4) is 0 Å². The van der Waals surface area contributed by atoms with Crippen molar-refractivity contribution < 1.29 is 0 Å². The zero-order valence-electron chi connectivity index (χ0n) is 11.6. The zero-order valence-corrected chi connectivity index (χ0v) is 12.4. The number of pyridine rings is 1. The molecule has 0 spiro atoms. The van der Waals surface area contributed by atoms with E-state index in [4.69, 9.17) is 17.4 Å².